The highest BCUT2D eigenvalue weighted by Crippen LogP contribution is 2.20. The first kappa shape index (κ1) is 15.1. The minimum absolute atomic E-state index is 0.0200. The van der Waals surface area contributed by atoms with E-state index in [0.717, 1.165) is 0 Å². The van der Waals surface area contributed by atoms with Crippen molar-refractivity contribution in [1.82, 2.24) is 4.72 Å². The van der Waals surface area contributed by atoms with Crippen LogP contribution in [0, 0.1) is 5.41 Å². The molecule has 1 aromatic rings. The Hall–Kier alpha value is -0.910. The lowest BCUT2D eigenvalue weighted by molar-refractivity contribution is -0.125. The van der Waals surface area contributed by atoms with Crippen molar-refractivity contribution in [3.8, 4) is 0 Å². The number of carbonyl (C=O) groups excluding carboxylic acids is 1. The van der Waals surface area contributed by atoms with Gasteiger partial charge in [-0.05, 0) is 12.1 Å². The van der Waals surface area contributed by atoms with Gasteiger partial charge in [0.15, 0.2) is 5.78 Å². The lowest BCUT2D eigenvalue weighted by atomic mass is 9.91. The molecule has 100 valence electrons. The smallest absolute Gasteiger partial charge is 0.242 e. The maximum Gasteiger partial charge on any atom is 0.242 e. The summed E-state index contributed by atoms with van der Waals surface area (Å²) in [6.07, 6.45) is 0. The quantitative estimate of drug-likeness (QED) is 0.924. The Balaban J connectivity index is 2.85. The van der Waals surface area contributed by atoms with Gasteiger partial charge in [-0.2, -0.15) is 0 Å². The second kappa shape index (κ2) is 5.38. The van der Waals surface area contributed by atoms with Crippen molar-refractivity contribution >= 4 is 27.4 Å². The summed E-state index contributed by atoms with van der Waals surface area (Å²) in [5.41, 5.74) is -0.580. The topological polar surface area (TPSA) is 63.2 Å². The molecule has 0 aliphatic heterocycles. The third-order valence-corrected chi connectivity index (χ3v) is 4.29. The van der Waals surface area contributed by atoms with Gasteiger partial charge in [-0.15, -0.1) is 0 Å². The maximum absolute atomic E-state index is 11.9. The minimum atomic E-state index is -3.75. The Bertz CT molecular complexity index is 547. The molecule has 1 rings (SSSR count). The van der Waals surface area contributed by atoms with Crippen LogP contribution in [0.4, 0.5) is 0 Å². The van der Waals surface area contributed by atoms with Gasteiger partial charge >= 0.3 is 0 Å². The number of hydrogen-bond donors (Lipinski definition) is 1. The van der Waals surface area contributed by atoms with E-state index in [1.807, 2.05) is 0 Å². The Morgan fingerprint density at radius 1 is 1.28 bits per heavy atom. The lowest BCUT2D eigenvalue weighted by Crippen LogP contribution is -2.35. The van der Waals surface area contributed by atoms with Crippen LogP contribution in [-0.4, -0.2) is 20.7 Å². The van der Waals surface area contributed by atoms with Crippen LogP contribution in [-0.2, 0) is 14.8 Å². The van der Waals surface area contributed by atoms with Crippen LogP contribution in [0.2, 0.25) is 5.02 Å². The van der Waals surface area contributed by atoms with E-state index in [-0.39, 0.29) is 22.2 Å². The van der Waals surface area contributed by atoms with E-state index in [2.05, 4.69) is 4.72 Å². The van der Waals surface area contributed by atoms with Crippen molar-refractivity contribution in [2.24, 2.45) is 5.41 Å². The zero-order valence-electron chi connectivity index (χ0n) is 10.5. The highest BCUT2D eigenvalue weighted by atomic mass is 35.5. The summed E-state index contributed by atoms with van der Waals surface area (Å²) in [5, 5.41) is 0.133. The second-order valence-corrected chi connectivity index (χ2v) is 7.07. The summed E-state index contributed by atoms with van der Waals surface area (Å²) in [6.45, 7) is 4.97. The van der Waals surface area contributed by atoms with Crippen molar-refractivity contribution in [1.29, 1.82) is 0 Å². The second-order valence-electron chi connectivity index (χ2n) is 4.93. The maximum atomic E-state index is 11.9. The summed E-state index contributed by atoms with van der Waals surface area (Å²) in [6, 6.07) is 6.10. The number of sulfonamides is 1. The fraction of sp³-hybridized carbons (Fsp3) is 0.417. The van der Waals surface area contributed by atoms with Crippen LogP contribution in [0.15, 0.2) is 29.2 Å². The van der Waals surface area contributed by atoms with Crippen LogP contribution >= 0.6 is 11.6 Å². The van der Waals surface area contributed by atoms with Gasteiger partial charge in [0.25, 0.3) is 0 Å². The SMILES string of the molecule is CC(C)(C)C(=O)CNS(=O)(=O)c1ccccc1Cl. The standard InChI is InChI=1S/C12H16ClNO3S/c1-12(2,3)11(15)8-14-18(16,17)10-7-5-4-6-9(10)13/h4-7,14H,8H2,1-3H3. The number of rotatable bonds is 4. The molecule has 0 saturated heterocycles. The molecular formula is C12H16ClNO3S. The molecule has 0 spiro atoms. The molecule has 4 nitrogen and oxygen atoms in total. The van der Waals surface area contributed by atoms with E-state index in [1.54, 1.807) is 32.9 Å². The van der Waals surface area contributed by atoms with Crippen molar-refractivity contribution < 1.29 is 13.2 Å². The van der Waals surface area contributed by atoms with Crippen molar-refractivity contribution in [2.45, 2.75) is 25.7 Å². The summed E-state index contributed by atoms with van der Waals surface area (Å²) in [7, 11) is -3.75. The minimum Gasteiger partial charge on any atom is -0.298 e. The first-order chi connectivity index (χ1) is 8.14. The average Bonchev–Trinajstić information content (AvgIpc) is 2.25. The number of ketones is 1. The summed E-state index contributed by atoms with van der Waals surface area (Å²) >= 11 is 5.81. The number of carbonyl (C=O) groups is 1. The molecule has 0 heterocycles. The fourth-order valence-corrected chi connectivity index (χ4v) is 2.67. The van der Waals surface area contributed by atoms with Crippen molar-refractivity contribution in [3.05, 3.63) is 29.3 Å². The Morgan fingerprint density at radius 2 is 1.83 bits per heavy atom. The molecule has 0 radical (unpaired) electrons. The molecule has 0 unspecified atom stereocenters. The third-order valence-electron chi connectivity index (χ3n) is 2.39. The number of hydrogen-bond acceptors (Lipinski definition) is 3. The molecule has 0 saturated carbocycles. The van der Waals surface area contributed by atoms with Crippen LogP contribution < -0.4 is 4.72 Å². The molecule has 1 aromatic carbocycles. The molecule has 6 heteroatoms. The zero-order chi connectivity index (χ0) is 14.0. The van der Waals surface area contributed by atoms with E-state index >= 15 is 0 Å². The Labute approximate surface area is 112 Å². The lowest BCUT2D eigenvalue weighted by Gasteiger charge is -2.17. The highest BCUT2D eigenvalue weighted by Gasteiger charge is 2.24. The molecule has 0 aliphatic carbocycles. The van der Waals surface area contributed by atoms with Gasteiger partial charge in [0.1, 0.15) is 4.90 Å². The van der Waals surface area contributed by atoms with Crippen LogP contribution in [0.5, 0.6) is 0 Å². The summed E-state index contributed by atoms with van der Waals surface area (Å²) in [4.78, 5) is 11.6. The normalized spacial score (nSPS) is 12.4. The van der Waals surface area contributed by atoms with Gasteiger partial charge < -0.3 is 0 Å². The van der Waals surface area contributed by atoms with E-state index in [4.69, 9.17) is 11.6 Å². The molecule has 0 amide bonds. The predicted molar refractivity (Wildman–Crippen MR) is 71.1 cm³/mol. The van der Waals surface area contributed by atoms with Gasteiger partial charge in [-0.25, -0.2) is 13.1 Å². The van der Waals surface area contributed by atoms with Crippen LogP contribution in [0.3, 0.4) is 0 Å². The predicted octanol–water partition coefficient (Wildman–Crippen LogP) is 2.23. The number of nitrogens with one attached hydrogen (secondary N) is 1. The van der Waals surface area contributed by atoms with Gasteiger partial charge in [-0.3, -0.25) is 4.79 Å². The fourth-order valence-electron chi connectivity index (χ4n) is 1.17. The third kappa shape index (κ3) is 3.80. The van der Waals surface area contributed by atoms with E-state index in [1.165, 1.54) is 12.1 Å². The van der Waals surface area contributed by atoms with Gasteiger partial charge in [0.2, 0.25) is 10.0 Å². The Kier molecular flexibility index (Phi) is 4.53. The zero-order valence-corrected chi connectivity index (χ0v) is 12.1. The van der Waals surface area contributed by atoms with Crippen molar-refractivity contribution in [3.63, 3.8) is 0 Å². The molecule has 0 aliphatic rings. The molecule has 1 N–H and O–H groups in total. The van der Waals surface area contributed by atoms with Gasteiger partial charge in [-0.1, -0.05) is 44.5 Å². The van der Waals surface area contributed by atoms with E-state index < -0.39 is 15.4 Å². The molecule has 0 fully saturated rings. The van der Waals surface area contributed by atoms with Crippen LogP contribution in [0.25, 0.3) is 0 Å². The van der Waals surface area contributed by atoms with Gasteiger partial charge in [0.05, 0.1) is 11.6 Å². The van der Waals surface area contributed by atoms with E-state index in [9.17, 15) is 13.2 Å². The number of Topliss-reactive ketones (excluding diaryl/α,β-unsaturated/α-hetero) is 1. The largest absolute Gasteiger partial charge is 0.298 e. The van der Waals surface area contributed by atoms with Crippen LogP contribution in [0.1, 0.15) is 20.8 Å². The van der Waals surface area contributed by atoms with E-state index in [0.29, 0.717) is 0 Å². The molecule has 18 heavy (non-hydrogen) atoms. The van der Waals surface area contributed by atoms with Gasteiger partial charge in [0, 0.05) is 5.41 Å². The highest BCUT2D eigenvalue weighted by molar-refractivity contribution is 7.89. The number of halogens is 1. The first-order valence-electron chi connectivity index (χ1n) is 5.42. The molecule has 0 atom stereocenters. The number of benzene rings is 1. The molecule has 0 bridgehead atoms. The molecule has 0 aromatic heterocycles. The molecular weight excluding hydrogens is 274 g/mol. The summed E-state index contributed by atoms with van der Waals surface area (Å²) in [5.74, 6) is -0.182. The summed E-state index contributed by atoms with van der Waals surface area (Å²) < 4.78 is 26.1. The average molecular weight is 290 g/mol. The van der Waals surface area contributed by atoms with Crippen molar-refractivity contribution in [2.75, 3.05) is 6.54 Å². The first-order valence-corrected chi connectivity index (χ1v) is 7.28. The Morgan fingerprint density at radius 3 is 2.33 bits per heavy atom. The monoisotopic (exact) mass is 289 g/mol.